The number of hydrogen-bond acceptors (Lipinski definition) is 4. The second kappa shape index (κ2) is 8.06. The van der Waals surface area contributed by atoms with Crippen LogP contribution < -0.4 is 19.5 Å². The van der Waals surface area contributed by atoms with Crippen molar-refractivity contribution in [2.75, 3.05) is 21.3 Å². The van der Waals surface area contributed by atoms with Gasteiger partial charge in [0.2, 0.25) is 0 Å². The average molecular weight is 394 g/mol. The predicted octanol–water partition coefficient (Wildman–Crippen LogP) is 3.97. The molecule has 1 N–H and O–H groups in total. The van der Waals surface area contributed by atoms with Gasteiger partial charge in [0.05, 0.1) is 32.9 Å². The fraction of sp³-hybridized carbons (Fsp3) is 0.278. The molecule has 128 valence electrons. The molecule has 0 bridgehead atoms. The van der Waals surface area contributed by atoms with Crippen LogP contribution in [-0.4, -0.2) is 27.2 Å². The second-order valence-corrected chi connectivity index (χ2v) is 5.98. The van der Waals surface area contributed by atoms with Crippen LogP contribution in [0.5, 0.6) is 17.2 Å². The van der Waals surface area contributed by atoms with E-state index in [0.717, 1.165) is 10.0 Å². The predicted molar refractivity (Wildman–Crippen MR) is 96.1 cm³/mol. The van der Waals surface area contributed by atoms with Crippen LogP contribution in [0.3, 0.4) is 0 Å². The molecule has 0 aromatic heterocycles. The van der Waals surface area contributed by atoms with Gasteiger partial charge in [-0.05, 0) is 18.6 Å². The van der Waals surface area contributed by atoms with E-state index in [2.05, 4.69) is 21.2 Å². The molecule has 2 aromatic carbocycles. The van der Waals surface area contributed by atoms with E-state index in [1.54, 1.807) is 12.1 Å². The molecule has 0 radical (unpaired) electrons. The van der Waals surface area contributed by atoms with Crippen molar-refractivity contribution in [1.29, 1.82) is 0 Å². The number of nitrogens with one attached hydrogen (secondary N) is 1. The van der Waals surface area contributed by atoms with Crippen molar-refractivity contribution in [3.8, 4) is 17.2 Å². The number of benzene rings is 2. The van der Waals surface area contributed by atoms with Crippen LogP contribution in [0.4, 0.5) is 0 Å². The molecule has 0 spiro atoms. The SMILES string of the molecule is COc1cc(OC)c(C(=O)NC(C)c2ccccc2Br)cc1OC. The summed E-state index contributed by atoms with van der Waals surface area (Å²) in [7, 11) is 4.57. The Morgan fingerprint density at radius 3 is 2.17 bits per heavy atom. The van der Waals surface area contributed by atoms with Gasteiger partial charge < -0.3 is 19.5 Å². The first kappa shape index (κ1) is 18.1. The molecular weight excluding hydrogens is 374 g/mol. The normalized spacial score (nSPS) is 11.5. The van der Waals surface area contributed by atoms with Gasteiger partial charge in [0, 0.05) is 16.6 Å². The van der Waals surface area contributed by atoms with Gasteiger partial charge >= 0.3 is 0 Å². The Kier molecular flexibility index (Phi) is 6.09. The number of carbonyl (C=O) groups excluding carboxylic acids is 1. The van der Waals surface area contributed by atoms with Crippen LogP contribution in [0.2, 0.25) is 0 Å². The molecule has 0 aliphatic carbocycles. The molecule has 0 fully saturated rings. The molecule has 1 unspecified atom stereocenters. The van der Waals surface area contributed by atoms with Crippen molar-refractivity contribution in [1.82, 2.24) is 5.32 Å². The highest BCUT2D eigenvalue weighted by Crippen LogP contribution is 2.35. The zero-order valence-electron chi connectivity index (χ0n) is 14.1. The number of carbonyl (C=O) groups is 1. The fourth-order valence-electron chi connectivity index (χ4n) is 2.39. The maximum absolute atomic E-state index is 12.7. The van der Waals surface area contributed by atoms with E-state index >= 15 is 0 Å². The number of methoxy groups -OCH3 is 3. The van der Waals surface area contributed by atoms with E-state index < -0.39 is 0 Å². The third kappa shape index (κ3) is 3.82. The van der Waals surface area contributed by atoms with Gasteiger partial charge in [0.1, 0.15) is 5.75 Å². The highest BCUT2D eigenvalue weighted by molar-refractivity contribution is 9.10. The number of hydrogen-bond donors (Lipinski definition) is 1. The number of rotatable bonds is 6. The van der Waals surface area contributed by atoms with Gasteiger partial charge in [-0.3, -0.25) is 4.79 Å². The number of ether oxygens (including phenoxy) is 3. The minimum absolute atomic E-state index is 0.175. The third-order valence-electron chi connectivity index (χ3n) is 3.67. The Morgan fingerprint density at radius 2 is 1.58 bits per heavy atom. The molecular formula is C18H20BrNO4. The van der Waals surface area contributed by atoms with E-state index in [1.165, 1.54) is 21.3 Å². The number of halogens is 1. The summed E-state index contributed by atoms with van der Waals surface area (Å²) in [6, 6.07) is 10.8. The lowest BCUT2D eigenvalue weighted by Gasteiger charge is -2.18. The van der Waals surface area contributed by atoms with Crippen LogP contribution in [0, 0.1) is 0 Å². The van der Waals surface area contributed by atoms with Gasteiger partial charge in [-0.25, -0.2) is 0 Å². The zero-order chi connectivity index (χ0) is 17.7. The summed E-state index contributed by atoms with van der Waals surface area (Å²) >= 11 is 3.50. The summed E-state index contributed by atoms with van der Waals surface area (Å²) in [5.74, 6) is 1.14. The van der Waals surface area contributed by atoms with E-state index in [-0.39, 0.29) is 11.9 Å². The Balaban J connectivity index is 2.30. The van der Waals surface area contributed by atoms with E-state index in [1.807, 2.05) is 31.2 Å². The quantitative estimate of drug-likeness (QED) is 0.806. The number of amides is 1. The summed E-state index contributed by atoms with van der Waals surface area (Å²) in [4.78, 5) is 12.7. The fourth-order valence-corrected chi connectivity index (χ4v) is 3.01. The first-order valence-electron chi connectivity index (χ1n) is 7.37. The van der Waals surface area contributed by atoms with Crippen LogP contribution in [0.1, 0.15) is 28.9 Å². The summed E-state index contributed by atoms with van der Waals surface area (Å²) in [6.45, 7) is 1.92. The molecule has 1 amide bonds. The lowest BCUT2D eigenvalue weighted by atomic mass is 10.1. The van der Waals surface area contributed by atoms with Gasteiger partial charge in [-0.2, -0.15) is 0 Å². The molecule has 2 rings (SSSR count). The summed E-state index contributed by atoms with van der Waals surface area (Å²) in [5.41, 5.74) is 1.37. The lowest BCUT2D eigenvalue weighted by Crippen LogP contribution is -2.27. The van der Waals surface area contributed by atoms with Crippen molar-refractivity contribution in [2.45, 2.75) is 13.0 Å². The second-order valence-electron chi connectivity index (χ2n) is 5.12. The molecule has 0 aliphatic rings. The van der Waals surface area contributed by atoms with Crippen LogP contribution in [-0.2, 0) is 0 Å². The minimum atomic E-state index is -0.254. The third-order valence-corrected chi connectivity index (χ3v) is 4.39. The smallest absolute Gasteiger partial charge is 0.255 e. The average Bonchev–Trinajstić information content (AvgIpc) is 2.60. The maximum Gasteiger partial charge on any atom is 0.255 e. The maximum atomic E-state index is 12.7. The van der Waals surface area contributed by atoms with Crippen molar-refractivity contribution < 1.29 is 19.0 Å². The molecule has 6 heteroatoms. The standard InChI is InChI=1S/C18H20BrNO4/c1-11(12-7-5-6-8-14(12)19)20-18(21)13-9-16(23-3)17(24-4)10-15(13)22-2/h5-11H,1-4H3,(H,20,21). The van der Waals surface area contributed by atoms with E-state index in [4.69, 9.17) is 14.2 Å². The monoisotopic (exact) mass is 393 g/mol. The molecule has 2 aromatic rings. The van der Waals surface area contributed by atoms with E-state index in [9.17, 15) is 4.79 Å². The van der Waals surface area contributed by atoms with Crippen LogP contribution in [0.25, 0.3) is 0 Å². The van der Waals surface area contributed by atoms with Gasteiger partial charge in [0.15, 0.2) is 11.5 Å². The van der Waals surface area contributed by atoms with Crippen LogP contribution >= 0.6 is 15.9 Å². The van der Waals surface area contributed by atoms with Crippen molar-refractivity contribution in [3.63, 3.8) is 0 Å². The molecule has 0 saturated heterocycles. The Hall–Kier alpha value is -2.21. The van der Waals surface area contributed by atoms with E-state index in [0.29, 0.717) is 22.8 Å². The molecule has 1 atom stereocenters. The van der Waals surface area contributed by atoms with Gasteiger partial charge in [0.25, 0.3) is 5.91 Å². The summed E-state index contributed by atoms with van der Waals surface area (Å²) in [5, 5.41) is 2.97. The topological polar surface area (TPSA) is 56.8 Å². The molecule has 5 nitrogen and oxygen atoms in total. The zero-order valence-corrected chi connectivity index (χ0v) is 15.6. The molecule has 24 heavy (non-hydrogen) atoms. The van der Waals surface area contributed by atoms with Gasteiger partial charge in [-0.1, -0.05) is 34.1 Å². The van der Waals surface area contributed by atoms with Crippen LogP contribution in [0.15, 0.2) is 40.9 Å². The van der Waals surface area contributed by atoms with Crippen molar-refractivity contribution >= 4 is 21.8 Å². The summed E-state index contributed by atoms with van der Waals surface area (Å²) in [6.07, 6.45) is 0. The highest BCUT2D eigenvalue weighted by atomic mass is 79.9. The lowest BCUT2D eigenvalue weighted by molar-refractivity contribution is 0.0936. The molecule has 0 aliphatic heterocycles. The van der Waals surface area contributed by atoms with Gasteiger partial charge in [-0.15, -0.1) is 0 Å². The summed E-state index contributed by atoms with van der Waals surface area (Å²) < 4.78 is 16.8. The minimum Gasteiger partial charge on any atom is -0.496 e. The van der Waals surface area contributed by atoms with Crippen molar-refractivity contribution in [3.05, 3.63) is 52.0 Å². The highest BCUT2D eigenvalue weighted by Gasteiger charge is 2.20. The Labute approximate surface area is 150 Å². The Morgan fingerprint density at radius 1 is 1.00 bits per heavy atom. The largest absolute Gasteiger partial charge is 0.496 e. The first-order valence-corrected chi connectivity index (χ1v) is 8.16. The molecule has 0 saturated carbocycles. The van der Waals surface area contributed by atoms with Crippen molar-refractivity contribution in [2.24, 2.45) is 0 Å². The Bertz CT molecular complexity index is 733. The molecule has 0 heterocycles. The first-order chi connectivity index (χ1) is 11.5.